The summed E-state index contributed by atoms with van der Waals surface area (Å²) in [5, 5.41) is 8.83. The second-order valence-electron chi connectivity index (χ2n) is 3.55. The maximum absolute atomic E-state index is 12.9. The van der Waals surface area contributed by atoms with Crippen LogP contribution in [0.5, 0.6) is 0 Å². The van der Waals surface area contributed by atoms with E-state index in [2.05, 4.69) is 0 Å². The number of benzene rings is 1. The minimum atomic E-state index is -2.43. The van der Waals surface area contributed by atoms with Gasteiger partial charge in [-0.25, -0.2) is 4.39 Å². The number of hydrogen-bond acceptors (Lipinski definition) is 3. The molecule has 1 aliphatic rings. The van der Waals surface area contributed by atoms with Gasteiger partial charge in [0.15, 0.2) is 0 Å². The second kappa shape index (κ2) is 4.20. The molecule has 0 bridgehead atoms. The van der Waals surface area contributed by atoms with Crippen LogP contribution in [0.15, 0.2) is 18.2 Å². The Bertz CT molecular complexity index is 482. The van der Waals surface area contributed by atoms with Gasteiger partial charge in [0.05, 0.1) is 11.3 Å². The largest absolute Gasteiger partial charge is 0.755 e. The molecule has 1 fully saturated rings. The number of nitrogens with zero attached hydrogens (tertiary/aromatic N) is 2. The lowest BCUT2D eigenvalue weighted by atomic mass is 10.2. The molecule has 0 amide bonds. The highest BCUT2D eigenvalue weighted by Gasteiger charge is 2.31. The first-order valence-corrected chi connectivity index (χ1v) is 5.75. The predicted molar refractivity (Wildman–Crippen MR) is 55.5 cm³/mol. The fraction of sp³-hybridized carbons (Fsp3) is 0.300. The van der Waals surface area contributed by atoms with E-state index in [1.807, 2.05) is 0 Å². The fourth-order valence-electron chi connectivity index (χ4n) is 1.50. The van der Waals surface area contributed by atoms with Crippen LogP contribution in [0.3, 0.4) is 0 Å². The van der Waals surface area contributed by atoms with E-state index in [-0.39, 0.29) is 17.3 Å². The zero-order chi connectivity index (χ0) is 11.7. The highest BCUT2D eigenvalue weighted by atomic mass is 32.2. The van der Waals surface area contributed by atoms with Gasteiger partial charge in [-0.2, -0.15) is 5.26 Å². The van der Waals surface area contributed by atoms with Crippen molar-refractivity contribution in [1.29, 1.82) is 5.26 Å². The molecular formula is C10H8FN2O2S-. The molecule has 2 rings (SSSR count). The Morgan fingerprint density at radius 2 is 2.25 bits per heavy atom. The van der Waals surface area contributed by atoms with Crippen molar-refractivity contribution in [2.75, 3.05) is 4.31 Å². The molecule has 1 unspecified atom stereocenters. The molecule has 1 atom stereocenters. The summed E-state index contributed by atoms with van der Waals surface area (Å²) in [5.41, 5.74) is 0.288. The molecule has 0 saturated heterocycles. The van der Waals surface area contributed by atoms with Gasteiger partial charge in [-0.05, 0) is 31.0 Å². The SMILES string of the molecule is N#Cc1cc(F)ccc1N(C1CC1)S(=O)[O-]. The molecule has 4 nitrogen and oxygen atoms in total. The van der Waals surface area contributed by atoms with Crippen LogP contribution < -0.4 is 4.31 Å². The van der Waals surface area contributed by atoms with E-state index in [0.29, 0.717) is 0 Å². The van der Waals surface area contributed by atoms with Gasteiger partial charge < -0.3 is 4.55 Å². The number of anilines is 1. The summed E-state index contributed by atoms with van der Waals surface area (Å²) in [4.78, 5) is 0. The average molecular weight is 239 g/mol. The number of nitriles is 1. The smallest absolute Gasteiger partial charge is 0.124 e. The van der Waals surface area contributed by atoms with Crippen LogP contribution in [-0.2, 0) is 11.3 Å². The van der Waals surface area contributed by atoms with Crippen LogP contribution in [0.1, 0.15) is 18.4 Å². The monoisotopic (exact) mass is 239 g/mol. The topological polar surface area (TPSA) is 67.2 Å². The third kappa shape index (κ3) is 2.05. The van der Waals surface area contributed by atoms with E-state index in [0.717, 1.165) is 29.3 Å². The molecule has 0 aromatic heterocycles. The number of rotatable bonds is 3. The molecule has 1 saturated carbocycles. The van der Waals surface area contributed by atoms with Crippen LogP contribution in [0.4, 0.5) is 10.1 Å². The lowest BCUT2D eigenvalue weighted by molar-refractivity contribution is 0.531. The molecule has 0 N–H and O–H groups in total. The fourth-order valence-corrected chi connectivity index (χ4v) is 2.27. The molecule has 1 aromatic rings. The van der Waals surface area contributed by atoms with E-state index in [1.54, 1.807) is 6.07 Å². The Labute approximate surface area is 94.7 Å². The second-order valence-corrected chi connectivity index (χ2v) is 4.37. The molecule has 0 aliphatic heterocycles. The van der Waals surface area contributed by atoms with Crippen molar-refractivity contribution in [3.05, 3.63) is 29.6 Å². The van der Waals surface area contributed by atoms with Crippen molar-refractivity contribution in [1.82, 2.24) is 0 Å². The average Bonchev–Trinajstić information content (AvgIpc) is 3.04. The van der Waals surface area contributed by atoms with Gasteiger partial charge in [0.1, 0.15) is 11.9 Å². The maximum Gasteiger partial charge on any atom is 0.124 e. The normalized spacial score (nSPS) is 16.6. The van der Waals surface area contributed by atoms with E-state index in [1.165, 1.54) is 6.07 Å². The summed E-state index contributed by atoms with van der Waals surface area (Å²) in [6.07, 6.45) is 1.55. The highest BCUT2D eigenvalue weighted by molar-refractivity contribution is 7.80. The lowest BCUT2D eigenvalue weighted by Gasteiger charge is -2.26. The van der Waals surface area contributed by atoms with Gasteiger partial charge in [0, 0.05) is 17.3 Å². The summed E-state index contributed by atoms with van der Waals surface area (Å²) in [7, 11) is 0. The Balaban J connectivity index is 2.45. The van der Waals surface area contributed by atoms with Crippen LogP contribution in [0.2, 0.25) is 0 Å². The van der Waals surface area contributed by atoms with Crippen molar-refractivity contribution < 1.29 is 13.2 Å². The zero-order valence-corrected chi connectivity index (χ0v) is 9.04. The lowest BCUT2D eigenvalue weighted by Crippen LogP contribution is -2.28. The van der Waals surface area contributed by atoms with Crippen LogP contribution in [-0.4, -0.2) is 14.8 Å². The standard InChI is InChI=1S/C10H9FN2O2S/c11-8-1-4-10(7(5-8)6-12)13(16(14)15)9-2-3-9/h1,4-5,9H,2-3H2,(H,14,15)/p-1. The molecule has 0 spiro atoms. The van der Waals surface area contributed by atoms with Gasteiger partial charge in [-0.3, -0.25) is 8.51 Å². The van der Waals surface area contributed by atoms with Gasteiger partial charge in [0.25, 0.3) is 0 Å². The molecule has 0 radical (unpaired) electrons. The Kier molecular flexibility index (Phi) is 2.90. The van der Waals surface area contributed by atoms with Gasteiger partial charge in [-0.1, -0.05) is 0 Å². The zero-order valence-electron chi connectivity index (χ0n) is 8.22. The summed E-state index contributed by atoms with van der Waals surface area (Å²) < 4.78 is 36.1. The van der Waals surface area contributed by atoms with Crippen LogP contribution in [0.25, 0.3) is 0 Å². The van der Waals surface area contributed by atoms with Crippen LogP contribution >= 0.6 is 0 Å². The van der Waals surface area contributed by atoms with Crippen molar-refractivity contribution >= 4 is 17.0 Å². The van der Waals surface area contributed by atoms with Crippen molar-refractivity contribution in [3.63, 3.8) is 0 Å². The van der Waals surface area contributed by atoms with Crippen LogP contribution in [0, 0.1) is 17.1 Å². The Morgan fingerprint density at radius 1 is 1.56 bits per heavy atom. The van der Waals surface area contributed by atoms with E-state index in [4.69, 9.17) is 5.26 Å². The van der Waals surface area contributed by atoms with Gasteiger partial charge in [-0.15, -0.1) is 0 Å². The van der Waals surface area contributed by atoms with Gasteiger partial charge in [0.2, 0.25) is 0 Å². The minimum absolute atomic E-state index is 0.0381. The molecule has 6 heteroatoms. The first-order chi connectivity index (χ1) is 7.63. The van der Waals surface area contributed by atoms with E-state index < -0.39 is 17.1 Å². The van der Waals surface area contributed by atoms with Crippen molar-refractivity contribution in [2.24, 2.45) is 0 Å². The Morgan fingerprint density at radius 3 is 2.75 bits per heavy atom. The summed E-state index contributed by atoms with van der Waals surface area (Å²) in [5.74, 6) is -0.548. The Hall–Kier alpha value is -1.45. The third-order valence-corrected chi connectivity index (χ3v) is 3.17. The van der Waals surface area contributed by atoms with Crippen molar-refractivity contribution in [2.45, 2.75) is 18.9 Å². The number of hydrogen-bond donors (Lipinski definition) is 0. The summed E-state index contributed by atoms with van der Waals surface area (Å²) in [6, 6.07) is 5.22. The molecule has 16 heavy (non-hydrogen) atoms. The molecule has 1 aliphatic carbocycles. The first-order valence-electron chi connectivity index (χ1n) is 4.71. The predicted octanol–water partition coefficient (Wildman–Crippen LogP) is 1.46. The number of halogens is 1. The maximum atomic E-state index is 12.9. The van der Waals surface area contributed by atoms with E-state index >= 15 is 0 Å². The van der Waals surface area contributed by atoms with E-state index in [9.17, 15) is 13.2 Å². The molecular weight excluding hydrogens is 231 g/mol. The third-order valence-electron chi connectivity index (χ3n) is 2.36. The molecule has 0 heterocycles. The summed E-state index contributed by atoms with van der Waals surface area (Å²) in [6.45, 7) is 0. The highest BCUT2D eigenvalue weighted by Crippen LogP contribution is 2.34. The molecule has 1 aromatic carbocycles. The van der Waals surface area contributed by atoms with Gasteiger partial charge >= 0.3 is 0 Å². The first kappa shape index (κ1) is 11.0. The minimum Gasteiger partial charge on any atom is -0.755 e. The summed E-state index contributed by atoms with van der Waals surface area (Å²) >= 11 is -2.43. The van der Waals surface area contributed by atoms with Crippen molar-refractivity contribution in [3.8, 4) is 6.07 Å². The molecule has 84 valence electrons. The quantitative estimate of drug-likeness (QED) is 0.750.